The first-order valence-electron chi connectivity index (χ1n) is 6.33. The van der Waals surface area contributed by atoms with Gasteiger partial charge in [0.2, 0.25) is 5.91 Å². The number of alkyl halides is 1. The summed E-state index contributed by atoms with van der Waals surface area (Å²) >= 11 is 5.99. The van der Waals surface area contributed by atoms with Crippen LogP contribution in [0.4, 0.5) is 0 Å². The first-order chi connectivity index (χ1) is 9.46. The highest BCUT2D eigenvalue weighted by Crippen LogP contribution is 2.33. The minimum atomic E-state index is -3.15. The van der Waals surface area contributed by atoms with Crippen molar-refractivity contribution in [2.75, 3.05) is 18.1 Å². The number of halogens is 1. The Labute approximate surface area is 122 Å². The number of ether oxygens (including phenoxy) is 1. The number of hydrogen-bond acceptors (Lipinski definition) is 4. The molecule has 7 heteroatoms. The van der Waals surface area contributed by atoms with E-state index >= 15 is 0 Å². The van der Waals surface area contributed by atoms with Crippen molar-refractivity contribution in [3.63, 3.8) is 0 Å². The van der Waals surface area contributed by atoms with E-state index in [2.05, 4.69) is 5.32 Å². The molecule has 1 aromatic carbocycles. The molecule has 0 aromatic heterocycles. The van der Waals surface area contributed by atoms with Crippen LogP contribution in [-0.4, -0.2) is 43.9 Å². The number of carbonyl (C=O) groups is 1. The van der Waals surface area contributed by atoms with E-state index in [1.807, 2.05) is 24.3 Å². The Hall–Kier alpha value is -1.27. The lowest BCUT2D eigenvalue weighted by atomic mass is 10.00. The first-order valence-corrected chi connectivity index (χ1v) is 8.59. The number of benzene rings is 1. The van der Waals surface area contributed by atoms with Crippen molar-refractivity contribution in [2.45, 2.75) is 17.3 Å². The number of rotatable bonds is 2. The van der Waals surface area contributed by atoms with E-state index < -0.39 is 27.2 Å². The van der Waals surface area contributed by atoms with Gasteiger partial charge < -0.3 is 10.1 Å². The summed E-state index contributed by atoms with van der Waals surface area (Å²) in [5.41, 5.74) is 0.831. The largest absolute Gasteiger partial charge is 0.492 e. The molecule has 1 fully saturated rings. The topological polar surface area (TPSA) is 72.5 Å². The number of amides is 1. The standard InChI is InChI=1S/C13H14ClNO4S/c14-10-6-20(17,18)7-11(10)15-13(16)9-5-19-12-4-2-1-3-8(9)12/h1-4,9-11H,5-7H2,(H,15,16). The highest BCUT2D eigenvalue weighted by molar-refractivity contribution is 7.91. The fourth-order valence-electron chi connectivity index (χ4n) is 2.60. The molecular formula is C13H14ClNO4S. The fraction of sp³-hybridized carbons (Fsp3) is 0.462. The minimum Gasteiger partial charge on any atom is -0.492 e. The molecule has 1 saturated heterocycles. The van der Waals surface area contributed by atoms with Gasteiger partial charge in [-0.2, -0.15) is 0 Å². The third kappa shape index (κ3) is 2.50. The second kappa shape index (κ2) is 4.93. The van der Waals surface area contributed by atoms with E-state index in [0.29, 0.717) is 5.75 Å². The van der Waals surface area contributed by atoms with E-state index in [1.54, 1.807) is 0 Å². The molecule has 3 atom stereocenters. The van der Waals surface area contributed by atoms with Gasteiger partial charge in [-0.1, -0.05) is 18.2 Å². The molecule has 0 saturated carbocycles. The van der Waals surface area contributed by atoms with Crippen LogP contribution in [0.3, 0.4) is 0 Å². The van der Waals surface area contributed by atoms with E-state index in [-0.39, 0.29) is 24.0 Å². The van der Waals surface area contributed by atoms with E-state index in [4.69, 9.17) is 16.3 Å². The molecule has 1 aromatic rings. The molecular weight excluding hydrogens is 302 g/mol. The summed E-state index contributed by atoms with van der Waals surface area (Å²) in [4.78, 5) is 12.3. The summed E-state index contributed by atoms with van der Waals surface area (Å²) in [5.74, 6) is -0.116. The monoisotopic (exact) mass is 315 g/mol. The van der Waals surface area contributed by atoms with E-state index in [9.17, 15) is 13.2 Å². The molecule has 0 radical (unpaired) electrons. The van der Waals surface area contributed by atoms with Crippen molar-refractivity contribution >= 4 is 27.3 Å². The predicted octanol–water partition coefficient (Wildman–Crippen LogP) is 0.683. The van der Waals surface area contributed by atoms with Crippen LogP contribution >= 0.6 is 11.6 Å². The zero-order valence-corrected chi connectivity index (χ0v) is 12.2. The number of carbonyl (C=O) groups excluding carboxylic acids is 1. The lowest BCUT2D eigenvalue weighted by molar-refractivity contribution is -0.123. The maximum atomic E-state index is 12.3. The molecule has 2 heterocycles. The third-order valence-electron chi connectivity index (χ3n) is 3.63. The van der Waals surface area contributed by atoms with Crippen molar-refractivity contribution in [3.8, 4) is 5.75 Å². The van der Waals surface area contributed by atoms with Crippen molar-refractivity contribution < 1.29 is 17.9 Å². The Kier molecular flexibility index (Phi) is 3.38. The Morgan fingerprint density at radius 3 is 2.75 bits per heavy atom. The SMILES string of the molecule is O=C(NC1CS(=O)(=O)CC1Cl)C1COc2ccccc21. The number of nitrogens with one attached hydrogen (secondary N) is 1. The summed E-state index contributed by atoms with van der Waals surface area (Å²) in [6.45, 7) is 0.275. The van der Waals surface area contributed by atoms with Crippen LogP contribution < -0.4 is 10.1 Å². The van der Waals surface area contributed by atoms with Gasteiger partial charge in [0.05, 0.1) is 22.9 Å². The second-order valence-electron chi connectivity index (χ2n) is 5.11. The highest BCUT2D eigenvalue weighted by Gasteiger charge is 2.39. The first kappa shape index (κ1) is 13.7. The average Bonchev–Trinajstić information content (AvgIpc) is 2.90. The smallest absolute Gasteiger partial charge is 0.231 e. The van der Waals surface area contributed by atoms with E-state index in [1.165, 1.54) is 0 Å². The summed E-state index contributed by atoms with van der Waals surface area (Å²) < 4.78 is 28.4. The molecule has 1 amide bonds. The minimum absolute atomic E-state index is 0.0861. The van der Waals surface area contributed by atoms with Gasteiger partial charge in [0.1, 0.15) is 18.3 Å². The van der Waals surface area contributed by atoms with Crippen LogP contribution in [0.25, 0.3) is 0 Å². The molecule has 1 N–H and O–H groups in total. The normalized spacial score (nSPS) is 30.6. The van der Waals surface area contributed by atoms with Crippen LogP contribution in [0.5, 0.6) is 5.75 Å². The third-order valence-corrected chi connectivity index (χ3v) is 6.00. The van der Waals surface area contributed by atoms with Crippen LogP contribution in [0.1, 0.15) is 11.5 Å². The Bertz CT molecular complexity index is 646. The second-order valence-corrected chi connectivity index (χ2v) is 7.82. The molecule has 2 aliphatic rings. The van der Waals surface area contributed by atoms with Crippen LogP contribution in [0, 0.1) is 0 Å². The molecule has 0 spiro atoms. The Morgan fingerprint density at radius 1 is 1.30 bits per heavy atom. The maximum absolute atomic E-state index is 12.3. The van der Waals surface area contributed by atoms with Crippen LogP contribution in [0.2, 0.25) is 0 Å². The zero-order valence-electron chi connectivity index (χ0n) is 10.6. The fourth-order valence-corrected chi connectivity index (χ4v) is 5.15. The van der Waals surface area contributed by atoms with Gasteiger partial charge in [0.15, 0.2) is 9.84 Å². The number of fused-ring (bicyclic) bond motifs is 1. The highest BCUT2D eigenvalue weighted by atomic mass is 35.5. The van der Waals surface area contributed by atoms with Gasteiger partial charge in [-0.15, -0.1) is 11.6 Å². The summed E-state index contributed by atoms with van der Waals surface area (Å²) in [6, 6.07) is 6.82. The van der Waals surface area contributed by atoms with Gasteiger partial charge in [-0.25, -0.2) is 8.42 Å². The maximum Gasteiger partial charge on any atom is 0.231 e. The Balaban J connectivity index is 1.73. The molecule has 20 heavy (non-hydrogen) atoms. The quantitative estimate of drug-likeness (QED) is 0.815. The zero-order chi connectivity index (χ0) is 14.3. The number of para-hydroxylation sites is 1. The predicted molar refractivity (Wildman–Crippen MR) is 74.9 cm³/mol. The van der Waals surface area contributed by atoms with Crippen molar-refractivity contribution in [3.05, 3.63) is 29.8 Å². The lowest BCUT2D eigenvalue weighted by Gasteiger charge is -2.17. The van der Waals surface area contributed by atoms with Crippen molar-refractivity contribution in [1.29, 1.82) is 0 Å². The van der Waals surface area contributed by atoms with Crippen LogP contribution in [-0.2, 0) is 14.6 Å². The summed E-state index contributed by atoms with van der Waals surface area (Å²) in [7, 11) is -3.15. The van der Waals surface area contributed by atoms with Gasteiger partial charge in [0.25, 0.3) is 0 Å². The van der Waals surface area contributed by atoms with E-state index in [0.717, 1.165) is 5.56 Å². The molecule has 3 rings (SSSR count). The lowest BCUT2D eigenvalue weighted by Crippen LogP contribution is -2.43. The summed E-state index contributed by atoms with van der Waals surface area (Å²) in [6.07, 6.45) is 0. The van der Waals surface area contributed by atoms with Gasteiger partial charge >= 0.3 is 0 Å². The molecule has 108 valence electrons. The van der Waals surface area contributed by atoms with Gasteiger partial charge in [-0.05, 0) is 6.07 Å². The van der Waals surface area contributed by atoms with Crippen molar-refractivity contribution in [1.82, 2.24) is 5.32 Å². The molecule has 3 unspecified atom stereocenters. The molecule has 2 aliphatic heterocycles. The van der Waals surface area contributed by atoms with Gasteiger partial charge in [0, 0.05) is 5.56 Å². The number of sulfone groups is 1. The molecule has 0 aliphatic carbocycles. The van der Waals surface area contributed by atoms with Crippen LogP contribution in [0.15, 0.2) is 24.3 Å². The molecule has 5 nitrogen and oxygen atoms in total. The van der Waals surface area contributed by atoms with Crippen molar-refractivity contribution in [2.24, 2.45) is 0 Å². The molecule has 0 bridgehead atoms. The Morgan fingerprint density at radius 2 is 2.05 bits per heavy atom. The average molecular weight is 316 g/mol. The van der Waals surface area contributed by atoms with Gasteiger partial charge in [-0.3, -0.25) is 4.79 Å². The summed E-state index contributed by atoms with van der Waals surface area (Å²) in [5, 5.41) is 2.17. The number of hydrogen-bond donors (Lipinski definition) is 1.